The van der Waals surface area contributed by atoms with Gasteiger partial charge in [-0.2, -0.15) is 0 Å². The first-order valence-electron chi connectivity index (χ1n) is 5.88. The summed E-state index contributed by atoms with van der Waals surface area (Å²) in [6.07, 6.45) is 8.11. The molecule has 14 heavy (non-hydrogen) atoms. The zero-order chi connectivity index (χ0) is 10.4. The summed E-state index contributed by atoms with van der Waals surface area (Å²) >= 11 is 0. The minimum atomic E-state index is 0.741. The van der Waals surface area contributed by atoms with E-state index in [1.807, 2.05) is 0 Å². The van der Waals surface area contributed by atoms with Crippen LogP contribution in [-0.4, -0.2) is 30.8 Å². The zero-order valence-electron chi connectivity index (χ0n) is 9.54. The molecule has 0 spiro atoms. The molecular weight excluding hydrogens is 174 g/mol. The lowest BCUT2D eigenvalue weighted by molar-refractivity contribution is -0.107. The fraction of sp³-hybridized carbons (Fsp3) is 0.917. The molecule has 0 saturated carbocycles. The molecule has 2 atom stereocenters. The van der Waals surface area contributed by atoms with Crippen LogP contribution in [0.2, 0.25) is 0 Å². The largest absolute Gasteiger partial charge is 0.303 e. The molecule has 0 aromatic rings. The van der Waals surface area contributed by atoms with Gasteiger partial charge in [0.25, 0.3) is 0 Å². The molecular formula is C12H23NO. The number of hydrogen-bond acceptors (Lipinski definition) is 2. The molecule has 1 fully saturated rings. The molecule has 0 amide bonds. The van der Waals surface area contributed by atoms with E-state index >= 15 is 0 Å². The fourth-order valence-electron chi connectivity index (χ4n) is 2.41. The first-order chi connectivity index (χ1) is 6.74. The second kappa shape index (κ2) is 6.18. The molecule has 2 nitrogen and oxygen atoms in total. The summed E-state index contributed by atoms with van der Waals surface area (Å²) in [4.78, 5) is 12.7. The van der Waals surface area contributed by atoms with E-state index in [4.69, 9.17) is 0 Å². The third-order valence-electron chi connectivity index (χ3n) is 3.36. The molecule has 0 aromatic carbocycles. The SMILES string of the molecule is CC(CCCC=O)CC1CCCN1C. The van der Waals surface area contributed by atoms with Crippen molar-refractivity contribution in [1.29, 1.82) is 0 Å². The van der Waals surface area contributed by atoms with Crippen LogP contribution in [0.4, 0.5) is 0 Å². The Balaban J connectivity index is 2.12. The maximum atomic E-state index is 10.2. The number of aldehydes is 1. The number of carbonyl (C=O) groups is 1. The monoisotopic (exact) mass is 197 g/mol. The minimum Gasteiger partial charge on any atom is -0.303 e. The van der Waals surface area contributed by atoms with Gasteiger partial charge in [0.15, 0.2) is 0 Å². The lowest BCUT2D eigenvalue weighted by Crippen LogP contribution is -2.26. The molecule has 82 valence electrons. The molecule has 0 N–H and O–H groups in total. The Morgan fingerprint density at radius 3 is 2.93 bits per heavy atom. The number of nitrogens with zero attached hydrogens (tertiary/aromatic N) is 1. The van der Waals surface area contributed by atoms with Crippen LogP contribution in [-0.2, 0) is 4.79 Å². The second-order valence-corrected chi connectivity index (χ2v) is 4.72. The first-order valence-corrected chi connectivity index (χ1v) is 5.88. The van der Waals surface area contributed by atoms with Crippen molar-refractivity contribution in [2.24, 2.45) is 5.92 Å². The lowest BCUT2D eigenvalue weighted by atomic mass is 9.95. The maximum Gasteiger partial charge on any atom is 0.119 e. The van der Waals surface area contributed by atoms with E-state index in [2.05, 4.69) is 18.9 Å². The van der Waals surface area contributed by atoms with Crippen LogP contribution in [0.1, 0.15) is 45.4 Å². The predicted octanol–water partition coefficient (Wildman–Crippen LogP) is 2.48. The van der Waals surface area contributed by atoms with E-state index in [9.17, 15) is 4.79 Å². The van der Waals surface area contributed by atoms with Crippen molar-refractivity contribution in [3.8, 4) is 0 Å². The average Bonchev–Trinajstić information content (AvgIpc) is 2.52. The van der Waals surface area contributed by atoms with Crippen molar-refractivity contribution in [2.75, 3.05) is 13.6 Å². The average molecular weight is 197 g/mol. The zero-order valence-corrected chi connectivity index (χ0v) is 9.54. The van der Waals surface area contributed by atoms with Gasteiger partial charge in [-0.25, -0.2) is 0 Å². The molecule has 0 bridgehead atoms. The van der Waals surface area contributed by atoms with E-state index in [1.54, 1.807) is 0 Å². The Labute approximate surface area is 87.7 Å². The van der Waals surface area contributed by atoms with Crippen LogP contribution < -0.4 is 0 Å². The van der Waals surface area contributed by atoms with Crippen molar-refractivity contribution in [2.45, 2.75) is 51.5 Å². The molecule has 1 rings (SSSR count). The van der Waals surface area contributed by atoms with Crippen molar-refractivity contribution in [1.82, 2.24) is 4.90 Å². The van der Waals surface area contributed by atoms with Crippen LogP contribution in [0.3, 0.4) is 0 Å². The Morgan fingerprint density at radius 2 is 2.36 bits per heavy atom. The number of likely N-dealkylation sites (tertiary alicyclic amines) is 1. The number of carbonyl (C=O) groups excluding carboxylic acids is 1. The third kappa shape index (κ3) is 3.79. The van der Waals surface area contributed by atoms with Crippen LogP contribution >= 0.6 is 0 Å². The summed E-state index contributed by atoms with van der Waals surface area (Å²) in [6.45, 7) is 3.59. The van der Waals surface area contributed by atoms with Gasteiger partial charge in [-0.1, -0.05) is 13.3 Å². The van der Waals surface area contributed by atoms with E-state index in [1.165, 1.54) is 32.2 Å². The Morgan fingerprint density at radius 1 is 1.57 bits per heavy atom. The van der Waals surface area contributed by atoms with Gasteiger partial charge in [0, 0.05) is 12.5 Å². The van der Waals surface area contributed by atoms with Gasteiger partial charge in [0.2, 0.25) is 0 Å². The van der Waals surface area contributed by atoms with Crippen molar-refractivity contribution in [3.05, 3.63) is 0 Å². The standard InChI is InChI=1S/C12H23NO/c1-11(6-3-4-9-14)10-12-7-5-8-13(12)2/h9,11-12H,3-8,10H2,1-2H3. The minimum absolute atomic E-state index is 0.741. The Bertz CT molecular complexity index is 170. The number of hydrogen-bond donors (Lipinski definition) is 0. The van der Waals surface area contributed by atoms with Crippen LogP contribution in [0.25, 0.3) is 0 Å². The van der Waals surface area contributed by atoms with Crippen molar-refractivity contribution < 1.29 is 4.79 Å². The summed E-state index contributed by atoms with van der Waals surface area (Å²) in [5.74, 6) is 0.778. The van der Waals surface area contributed by atoms with E-state index in [-0.39, 0.29) is 0 Å². The third-order valence-corrected chi connectivity index (χ3v) is 3.36. The summed E-state index contributed by atoms with van der Waals surface area (Å²) in [5.41, 5.74) is 0. The topological polar surface area (TPSA) is 20.3 Å². The highest BCUT2D eigenvalue weighted by atomic mass is 16.1. The highest BCUT2D eigenvalue weighted by Gasteiger charge is 2.22. The van der Waals surface area contributed by atoms with Crippen LogP contribution in [0, 0.1) is 5.92 Å². The van der Waals surface area contributed by atoms with Gasteiger partial charge >= 0.3 is 0 Å². The Kier molecular flexibility index (Phi) is 5.16. The maximum absolute atomic E-state index is 10.2. The molecule has 0 radical (unpaired) electrons. The quantitative estimate of drug-likeness (QED) is 0.481. The molecule has 0 aliphatic carbocycles. The van der Waals surface area contributed by atoms with E-state index in [0.29, 0.717) is 0 Å². The second-order valence-electron chi connectivity index (χ2n) is 4.72. The summed E-state index contributed by atoms with van der Waals surface area (Å²) < 4.78 is 0. The van der Waals surface area contributed by atoms with E-state index < -0.39 is 0 Å². The van der Waals surface area contributed by atoms with Gasteiger partial charge in [-0.3, -0.25) is 0 Å². The van der Waals surface area contributed by atoms with Gasteiger partial charge < -0.3 is 9.69 Å². The van der Waals surface area contributed by atoms with Crippen LogP contribution in [0.5, 0.6) is 0 Å². The predicted molar refractivity (Wildman–Crippen MR) is 59.3 cm³/mol. The molecule has 0 aromatic heterocycles. The van der Waals surface area contributed by atoms with Crippen molar-refractivity contribution in [3.63, 3.8) is 0 Å². The molecule has 1 saturated heterocycles. The molecule has 1 heterocycles. The van der Waals surface area contributed by atoms with Gasteiger partial charge in [-0.15, -0.1) is 0 Å². The highest BCUT2D eigenvalue weighted by molar-refractivity contribution is 5.48. The highest BCUT2D eigenvalue weighted by Crippen LogP contribution is 2.23. The summed E-state index contributed by atoms with van der Waals surface area (Å²) in [6, 6.07) is 0.807. The van der Waals surface area contributed by atoms with Gasteiger partial charge in [-0.05, 0) is 45.2 Å². The van der Waals surface area contributed by atoms with Crippen molar-refractivity contribution >= 4 is 6.29 Å². The molecule has 2 unspecified atom stereocenters. The number of rotatable bonds is 6. The van der Waals surface area contributed by atoms with Gasteiger partial charge in [0.05, 0.1) is 0 Å². The van der Waals surface area contributed by atoms with Crippen LogP contribution in [0.15, 0.2) is 0 Å². The molecule has 1 aliphatic rings. The molecule has 2 heteroatoms. The Hall–Kier alpha value is -0.370. The summed E-state index contributed by atoms with van der Waals surface area (Å²) in [7, 11) is 2.23. The molecule has 1 aliphatic heterocycles. The normalized spacial score (nSPS) is 25.1. The van der Waals surface area contributed by atoms with E-state index in [0.717, 1.165) is 31.1 Å². The lowest BCUT2D eigenvalue weighted by Gasteiger charge is -2.22. The summed E-state index contributed by atoms with van der Waals surface area (Å²) in [5, 5.41) is 0. The fourth-order valence-corrected chi connectivity index (χ4v) is 2.41. The first kappa shape index (κ1) is 11.7. The smallest absolute Gasteiger partial charge is 0.119 e. The van der Waals surface area contributed by atoms with Gasteiger partial charge in [0.1, 0.15) is 6.29 Å². The number of unbranched alkanes of at least 4 members (excludes halogenated alkanes) is 1.